The van der Waals surface area contributed by atoms with Gasteiger partial charge in [0.1, 0.15) is 0 Å². The number of likely N-dealkylation sites (tertiary alicyclic amines) is 1. The number of nitrogen functional groups attached to an aromatic ring is 1. The molecular formula is C35H44N4O6. The first-order chi connectivity index (χ1) is 21.9. The number of nitrogens with one attached hydrogen (secondary N) is 2. The summed E-state index contributed by atoms with van der Waals surface area (Å²) < 4.78 is 12.9. The summed E-state index contributed by atoms with van der Waals surface area (Å²) in [4.78, 5) is 26.8. The molecule has 0 aromatic heterocycles. The summed E-state index contributed by atoms with van der Waals surface area (Å²) in [6.45, 7) is 2.62. The Bertz CT molecular complexity index is 1400. The minimum Gasteiger partial charge on any atom is -0.397 e. The summed E-state index contributed by atoms with van der Waals surface area (Å²) in [5.41, 5.74) is 10.7. The second kappa shape index (κ2) is 16.0. The zero-order valence-corrected chi connectivity index (χ0v) is 25.6. The van der Waals surface area contributed by atoms with Crippen molar-refractivity contribution in [2.45, 2.75) is 76.3 Å². The van der Waals surface area contributed by atoms with E-state index in [1.165, 1.54) is 0 Å². The lowest BCUT2D eigenvalue weighted by molar-refractivity contribution is -0.252. The number of anilines is 2. The Hall–Kier alpha value is -3.80. The molecular weight excluding hydrogens is 572 g/mol. The number of aliphatic hydroxyl groups excluding tert-OH is 2. The molecule has 2 aliphatic heterocycles. The maximum Gasteiger partial charge on any atom is 0.224 e. The molecule has 3 aromatic rings. The van der Waals surface area contributed by atoms with Crippen molar-refractivity contribution in [2.24, 2.45) is 0 Å². The van der Waals surface area contributed by atoms with Crippen LogP contribution in [0.3, 0.4) is 0 Å². The maximum atomic E-state index is 12.4. The van der Waals surface area contributed by atoms with Gasteiger partial charge in [-0.3, -0.25) is 14.5 Å². The van der Waals surface area contributed by atoms with Gasteiger partial charge in [-0.1, -0.05) is 60.7 Å². The van der Waals surface area contributed by atoms with Crippen LogP contribution in [0.15, 0.2) is 72.8 Å². The number of benzene rings is 3. The van der Waals surface area contributed by atoms with Crippen molar-refractivity contribution in [3.05, 3.63) is 95.1 Å². The van der Waals surface area contributed by atoms with Gasteiger partial charge in [0.25, 0.3) is 0 Å². The number of carbonyl (C=O) groups is 2. The van der Waals surface area contributed by atoms with Crippen molar-refractivity contribution in [3.63, 3.8) is 0 Å². The highest BCUT2D eigenvalue weighted by molar-refractivity contribution is 5.93. The fourth-order valence-corrected chi connectivity index (χ4v) is 5.78. The summed E-state index contributed by atoms with van der Waals surface area (Å²) >= 11 is 0. The monoisotopic (exact) mass is 616 g/mol. The third kappa shape index (κ3) is 9.59. The van der Waals surface area contributed by atoms with Gasteiger partial charge >= 0.3 is 0 Å². The van der Waals surface area contributed by atoms with Crippen LogP contribution in [-0.4, -0.2) is 58.8 Å². The highest BCUT2D eigenvalue weighted by Gasteiger charge is 2.34. The van der Waals surface area contributed by atoms with Gasteiger partial charge in [0.15, 0.2) is 6.29 Å². The van der Waals surface area contributed by atoms with Gasteiger partial charge in [-0.15, -0.1) is 0 Å². The van der Waals surface area contributed by atoms with Crippen LogP contribution in [0, 0.1) is 0 Å². The molecule has 240 valence electrons. The number of carbonyl (C=O) groups excluding carboxylic acids is 2. The molecule has 2 aliphatic rings. The molecule has 45 heavy (non-hydrogen) atoms. The first-order valence-corrected chi connectivity index (χ1v) is 15.8. The van der Waals surface area contributed by atoms with Crippen LogP contribution in [0.5, 0.6) is 0 Å². The fraction of sp³-hybridized carbons (Fsp3) is 0.429. The van der Waals surface area contributed by atoms with Crippen LogP contribution in [0.2, 0.25) is 0 Å². The first kappa shape index (κ1) is 32.6. The molecule has 0 radical (unpaired) electrons. The lowest BCUT2D eigenvalue weighted by Crippen LogP contribution is -2.38. The van der Waals surface area contributed by atoms with E-state index in [1.807, 2.05) is 60.7 Å². The Morgan fingerprint density at radius 1 is 0.889 bits per heavy atom. The number of hydrogen-bond acceptors (Lipinski definition) is 8. The minimum absolute atomic E-state index is 0.00553. The molecule has 0 saturated carbocycles. The zero-order valence-electron chi connectivity index (χ0n) is 25.6. The average molecular weight is 617 g/mol. The van der Waals surface area contributed by atoms with Gasteiger partial charge < -0.3 is 36.1 Å². The normalized spacial score (nSPS) is 21.8. The van der Waals surface area contributed by atoms with Gasteiger partial charge in [-0.25, -0.2) is 0 Å². The molecule has 2 amide bonds. The number of ether oxygens (including phenoxy) is 2. The maximum absolute atomic E-state index is 12.4. The van der Waals surface area contributed by atoms with E-state index in [-0.39, 0.29) is 36.7 Å². The lowest BCUT2D eigenvalue weighted by atomic mass is 9.99. The van der Waals surface area contributed by atoms with E-state index in [0.717, 1.165) is 41.8 Å². The van der Waals surface area contributed by atoms with Gasteiger partial charge in [0.2, 0.25) is 11.8 Å². The molecule has 2 saturated heterocycles. The molecule has 2 fully saturated rings. The van der Waals surface area contributed by atoms with Crippen molar-refractivity contribution in [2.75, 3.05) is 30.7 Å². The summed E-state index contributed by atoms with van der Waals surface area (Å²) in [5.74, 6) is -0.179. The summed E-state index contributed by atoms with van der Waals surface area (Å²) in [6, 6.07) is 22.8. The molecule has 0 bridgehead atoms. The van der Waals surface area contributed by atoms with E-state index >= 15 is 0 Å². The van der Waals surface area contributed by atoms with Crippen LogP contribution < -0.4 is 16.4 Å². The highest BCUT2D eigenvalue weighted by Crippen LogP contribution is 2.38. The predicted octanol–water partition coefficient (Wildman–Crippen LogP) is 4.19. The standard InChI is InChI=1S/C35H44N4O6/c36-30-5-1-2-6-31(30)38-34(43)8-4-3-7-33(42)37-20-24-9-15-27(16-10-24)35-44-29(22-39-18-17-28(41)21-39)19-32(45-35)26-13-11-25(23-40)12-14-26/h1-2,5-6,9-16,28-29,32,35,40-41H,3-4,7-8,17-23,36H2,(H,37,42)(H,38,43). The van der Waals surface area contributed by atoms with Crippen molar-refractivity contribution < 1.29 is 29.3 Å². The number of aliphatic hydroxyl groups is 2. The summed E-state index contributed by atoms with van der Waals surface area (Å²) in [6.07, 6.45) is 2.27. The Morgan fingerprint density at radius 3 is 2.27 bits per heavy atom. The summed E-state index contributed by atoms with van der Waals surface area (Å²) in [5, 5.41) is 25.2. The van der Waals surface area contributed by atoms with Crippen molar-refractivity contribution in [1.29, 1.82) is 0 Å². The van der Waals surface area contributed by atoms with E-state index in [0.29, 0.717) is 56.6 Å². The van der Waals surface area contributed by atoms with Gasteiger partial charge in [-0.2, -0.15) is 0 Å². The minimum atomic E-state index is -0.557. The Labute approximate surface area is 264 Å². The largest absolute Gasteiger partial charge is 0.397 e. The smallest absolute Gasteiger partial charge is 0.224 e. The van der Waals surface area contributed by atoms with Crippen molar-refractivity contribution in [1.82, 2.24) is 10.2 Å². The molecule has 4 atom stereocenters. The first-order valence-electron chi connectivity index (χ1n) is 15.8. The van der Waals surface area contributed by atoms with Crippen LogP contribution in [-0.2, 0) is 32.2 Å². The predicted molar refractivity (Wildman–Crippen MR) is 172 cm³/mol. The Balaban J connectivity index is 1.09. The number of nitrogens with zero attached hydrogens (tertiary/aromatic N) is 1. The highest BCUT2D eigenvalue weighted by atomic mass is 16.7. The van der Waals surface area contributed by atoms with Gasteiger partial charge in [0.05, 0.1) is 36.3 Å². The van der Waals surface area contributed by atoms with Gasteiger partial charge in [0, 0.05) is 51.0 Å². The second-order valence-corrected chi connectivity index (χ2v) is 11.9. The van der Waals surface area contributed by atoms with Crippen molar-refractivity contribution in [3.8, 4) is 0 Å². The van der Waals surface area contributed by atoms with Crippen LogP contribution in [0.25, 0.3) is 0 Å². The number of rotatable bonds is 13. The van der Waals surface area contributed by atoms with E-state index < -0.39 is 6.29 Å². The van der Waals surface area contributed by atoms with Crippen LogP contribution in [0.4, 0.5) is 11.4 Å². The molecule has 0 spiro atoms. The molecule has 0 aliphatic carbocycles. The zero-order chi connectivity index (χ0) is 31.6. The quantitative estimate of drug-likeness (QED) is 0.142. The summed E-state index contributed by atoms with van der Waals surface area (Å²) in [7, 11) is 0. The second-order valence-electron chi connectivity index (χ2n) is 11.9. The molecule has 5 rings (SSSR count). The lowest BCUT2D eigenvalue weighted by Gasteiger charge is -2.37. The molecule has 10 heteroatoms. The Morgan fingerprint density at radius 2 is 1.58 bits per heavy atom. The number of β-amino-alcohol motifs (C(OH)–C–C–N with tert-alkyl or cyclic N) is 1. The molecule has 10 nitrogen and oxygen atoms in total. The topological polar surface area (TPSA) is 146 Å². The Kier molecular flexibility index (Phi) is 11.6. The van der Waals surface area contributed by atoms with Gasteiger partial charge in [-0.05, 0) is 48.1 Å². The third-order valence-corrected chi connectivity index (χ3v) is 8.36. The van der Waals surface area contributed by atoms with Crippen LogP contribution >= 0.6 is 0 Å². The number of amides is 2. The van der Waals surface area contributed by atoms with E-state index in [2.05, 4.69) is 15.5 Å². The number of hydrogen-bond donors (Lipinski definition) is 5. The number of para-hydroxylation sites is 2. The van der Waals surface area contributed by atoms with Crippen LogP contribution in [0.1, 0.15) is 73.2 Å². The van der Waals surface area contributed by atoms with Crippen molar-refractivity contribution >= 4 is 23.2 Å². The molecule has 6 N–H and O–H groups in total. The molecule has 2 heterocycles. The van der Waals surface area contributed by atoms with E-state index in [1.54, 1.807) is 12.1 Å². The number of unbranched alkanes of at least 4 members (excludes halogenated alkanes) is 1. The van der Waals surface area contributed by atoms with E-state index in [4.69, 9.17) is 15.2 Å². The average Bonchev–Trinajstić information content (AvgIpc) is 3.47. The third-order valence-electron chi connectivity index (χ3n) is 8.36. The van der Waals surface area contributed by atoms with E-state index in [9.17, 15) is 19.8 Å². The molecule has 3 aromatic carbocycles. The SMILES string of the molecule is Nc1ccccc1NC(=O)CCCCC(=O)NCc1ccc(C2OC(CN3CCC(O)C3)CC(c3ccc(CO)cc3)O2)cc1. The molecule has 4 unspecified atom stereocenters. The fourth-order valence-electron chi connectivity index (χ4n) is 5.78. The number of nitrogens with two attached hydrogens (primary N) is 1.